The van der Waals surface area contributed by atoms with Crippen molar-refractivity contribution >= 4 is 22.6 Å². The molecule has 1 unspecified atom stereocenters. The lowest BCUT2D eigenvalue weighted by atomic mass is 9.88. The molecule has 0 aliphatic heterocycles. The number of fused-ring (bicyclic) bond motifs is 1. The lowest BCUT2D eigenvalue weighted by molar-refractivity contribution is -0.126. The van der Waals surface area contributed by atoms with Crippen LogP contribution in [0.3, 0.4) is 0 Å². The van der Waals surface area contributed by atoms with Gasteiger partial charge in [-0.05, 0) is 54.2 Å². The molecule has 1 aliphatic carbocycles. The molecule has 34 heavy (non-hydrogen) atoms. The van der Waals surface area contributed by atoms with Gasteiger partial charge in [0.05, 0.1) is 11.6 Å². The summed E-state index contributed by atoms with van der Waals surface area (Å²) in [6.45, 7) is 0. The Kier molecular flexibility index (Phi) is 6.16. The molecule has 5 rings (SSSR count). The van der Waals surface area contributed by atoms with Gasteiger partial charge in [0.1, 0.15) is 0 Å². The Hall–Kier alpha value is -3.87. The van der Waals surface area contributed by atoms with Crippen LogP contribution in [0.25, 0.3) is 22.0 Å². The molecular weight excluding hydrogens is 426 g/mol. The van der Waals surface area contributed by atoms with E-state index < -0.39 is 0 Å². The van der Waals surface area contributed by atoms with Gasteiger partial charge >= 0.3 is 0 Å². The molecule has 1 saturated carbocycles. The van der Waals surface area contributed by atoms with Crippen molar-refractivity contribution in [3.63, 3.8) is 0 Å². The normalized spacial score (nSPS) is 15.3. The number of pyridine rings is 1. The van der Waals surface area contributed by atoms with E-state index in [1.54, 1.807) is 6.07 Å². The topological polar surface area (TPSA) is 117 Å². The van der Waals surface area contributed by atoms with Crippen LogP contribution in [-0.2, 0) is 11.2 Å². The molecule has 0 saturated heterocycles. The predicted octanol–water partition coefficient (Wildman–Crippen LogP) is 4.48. The first-order valence-corrected chi connectivity index (χ1v) is 11.9. The summed E-state index contributed by atoms with van der Waals surface area (Å²) in [5.41, 5.74) is 9.94. The number of carbonyl (C=O) groups excluding carboxylic acids is 1. The number of aromatic amines is 2. The molecule has 4 aromatic rings. The standard InChI is InChI=1S/C27H29N5O2/c28-26-21-12-11-19(14-22(21)31-32-26)20-15-24(29-25(33)16-20)23(13-17-7-3-1-4-8-17)30-27(34)18-9-5-2-6-10-18/h1,3-4,7-8,11-12,14-16,18,23H,2,5-6,9-10,13H2,(H,29,33)(H,30,34)(H3,28,31,32). The molecule has 0 spiro atoms. The van der Waals surface area contributed by atoms with Crippen LogP contribution in [0, 0.1) is 5.92 Å². The third-order valence-electron chi connectivity index (χ3n) is 6.74. The molecule has 2 aromatic carbocycles. The Morgan fingerprint density at radius 2 is 1.82 bits per heavy atom. The molecule has 1 amide bonds. The first kappa shape index (κ1) is 21.9. The Morgan fingerprint density at radius 3 is 2.62 bits per heavy atom. The van der Waals surface area contributed by atoms with Gasteiger partial charge in [0.15, 0.2) is 5.82 Å². The Labute approximate surface area is 197 Å². The van der Waals surface area contributed by atoms with Gasteiger partial charge in [-0.15, -0.1) is 0 Å². The summed E-state index contributed by atoms with van der Waals surface area (Å²) in [6, 6.07) is 19.0. The van der Waals surface area contributed by atoms with Crippen LogP contribution >= 0.6 is 0 Å². The van der Waals surface area contributed by atoms with Crippen molar-refractivity contribution in [1.29, 1.82) is 0 Å². The Balaban J connectivity index is 1.49. The summed E-state index contributed by atoms with van der Waals surface area (Å²) in [5.74, 6) is 0.554. The van der Waals surface area contributed by atoms with Crippen LogP contribution in [0.15, 0.2) is 65.5 Å². The van der Waals surface area contributed by atoms with Crippen molar-refractivity contribution < 1.29 is 4.79 Å². The number of rotatable bonds is 6. The lowest BCUT2D eigenvalue weighted by Crippen LogP contribution is -2.36. The number of nitrogen functional groups attached to an aromatic ring is 1. The van der Waals surface area contributed by atoms with Crippen molar-refractivity contribution in [2.75, 3.05) is 5.73 Å². The minimum absolute atomic E-state index is 0.0372. The summed E-state index contributed by atoms with van der Waals surface area (Å²) in [6.07, 6.45) is 5.82. The van der Waals surface area contributed by atoms with Crippen molar-refractivity contribution in [2.24, 2.45) is 5.92 Å². The zero-order valence-corrected chi connectivity index (χ0v) is 19.0. The number of nitrogens with two attached hydrogens (primary N) is 1. The van der Waals surface area contributed by atoms with E-state index in [1.807, 2.05) is 54.6 Å². The molecule has 0 bridgehead atoms. The SMILES string of the molecule is Nc1n[nH]c2cc(-c3cc(C(Cc4ccccc4)NC(=O)C4CCCCC4)[nH]c(=O)c3)ccc12. The minimum atomic E-state index is -0.337. The number of aromatic nitrogens is 3. The van der Waals surface area contributed by atoms with Gasteiger partial charge < -0.3 is 16.0 Å². The molecule has 2 heterocycles. The highest BCUT2D eigenvalue weighted by atomic mass is 16.2. The van der Waals surface area contributed by atoms with Crippen LogP contribution in [0.5, 0.6) is 0 Å². The molecule has 1 atom stereocenters. The summed E-state index contributed by atoms with van der Waals surface area (Å²) in [5, 5.41) is 11.1. The fourth-order valence-corrected chi connectivity index (χ4v) is 4.88. The van der Waals surface area contributed by atoms with Gasteiger partial charge in [-0.3, -0.25) is 14.7 Å². The number of amides is 1. The van der Waals surface area contributed by atoms with Gasteiger partial charge in [-0.1, -0.05) is 55.7 Å². The molecule has 174 valence electrons. The third-order valence-corrected chi connectivity index (χ3v) is 6.74. The average molecular weight is 456 g/mol. The van der Waals surface area contributed by atoms with Gasteiger partial charge in [0.2, 0.25) is 11.5 Å². The maximum Gasteiger partial charge on any atom is 0.248 e. The van der Waals surface area contributed by atoms with Crippen LogP contribution in [-0.4, -0.2) is 21.1 Å². The number of nitrogens with zero attached hydrogens (tertiary/aromatic N) is 1. The Morgan fingerprint density at radius 1 is 1.03 bits per heavy atom. The maximum atomic E-state index is 13.1. The number of hydrogen-bond acceptors (Lipinski definition) is 4. The minimum Gasteiger partial charge on any atom is -0.382 e. The van der Waals surface area contributed by atoms with Crippen molar-refractivity contribution in [2.45, 2.75) is 44.6 Å². The van der Waals surface area contributed by atoms with Gasteiger partial charge in [-0.2, -0.15) is 5.10 Å². The van der Waals surface area contributed by atoms with E-state index in [9.17, 15) is 9.59 Å². The molecule has 5 N–H and O–H groups in total. The van der Waals surface area contributed by atoms with E-state index in [1.165, 1.54) is 6.42 Å². The van der Waals surface area contributed by atoms with E-state index in [-0.39, 0.29) is 23.4 Å². The molecule has 0 radical (unpaired) electrons. The first-order chi connectivity index (χ1) is 16.6. The first-order valence-electron chi connectivity index (χ1n) is 11.9. The summed E-state index contributed by atoms with van der Waals surface area (Å²) >= 11 is 0. The number of anilines is 1. The fourth-order valence-electron chi connectivity index (χ4n) is 4.88. The van der Waals surface area contributed by atoms with Crippen molar-refractivity contribution in [1.82, 2.24) is 20.5 Å². The van der Waals surface area contributed by atoms with E-state index in [4.69, 9.17) is 5.73 Å². The number of hydrogen-bond donors (Lipinski definition) is 4. The highest BCUT2D eigenvalue weighted by Gasteiger charge is 2.25. The van der Waals surface area contributed by atoms with Crippen LogP contribution in [0.2, 0.25) is 0 Å². The second-order valence-corrected chi connectivity index (χ2v) is 9.14. The zero-order chi connectivity index (χ0) is 23.5. The van der Waals surface area contributed by atoms with Crippen molar-refractivity contribution in [3.05, 3.63) is 82.3 Å². The molecule has 7 nitrogen and oxygen atoms in total. The highest BCUT2D eigenvalue weighted by Crippen LogP contribution is 2.28. The van der Waals surface area contributed by atoms with Gasteiger partial charge in [0, 0.05) is 23.1 Å². The molecule has 1 aliphatic rings. The van der Waals surface area contributed by atoms with E-state index in [2.05, 4.69) is 20.5 Å². The second kappa shape index (κ2) is 9.55. The Bertz CT molecular complexity index is 1350. The van der Waals surface area contributed by atoms with E-state index in [0.717, 1.165) is 53.3 Å². The fraction of sp³-hybridized carbons (Fsp3) is 0.296. The summed E-state index contributed by atoms with van der Waals surface area (Å²) in [4.78, 5) is 28.8. The van der Waals surface area contributed by atoms with Crippen LogP contribution in [0.1, 0.15) is 49.4 Å². The molecule has 1 fully saturated rings. The van der Waals surface area contributed by atoms with Crippen LogP contribution < -0.4 is 16.6 Å². The van der Waals surface area contributed by atoms with Crippen LogP contribution in [0.4, 0.5) is 5.82 Å². The van der Waals surface area contributed by atoms with Gasteiger partial charge in [-0.25, -0.2) is 0 Å². The molecule has 7 heteroatoms. The van der Waals surface area contributed by atoms with Crippen molar-refractivity contribution in [3.8, 4) is 11.1 Å². The zero-order valence-electron chi connectivity index (χ0n) is 19.0. The number of H-pyrrole nitrogens is 2. The maximum absolute atomic E-state index is 13.1. The molecular formula is C27H29N5O2. The molecule has 2 aromatic heterocycles. The summed E-state index contributed by atoms with van der Waals surface area (Å²) in [7, 11) is 0. The van der Waals surface area contributed by atoms with E-state index >= 15 is 0 Å². The predicted molar refractivity (Wildman–Crippen MR) is 134 cm³/mol. The highest BCUT2D eigenvalue weighted by molar-refractivity contribution is 5.91. The quantitative estimate of drug-likeness (QED) is 0.343. The third kappa shape index (κ3) is 4.73. The second-order valence-electron chi connectivity index (χ2n) is 9.14. The number of benzene rings is 2. The lowest BCUT2D eigenvalue weighted by Gasteiger charge is -2.25. The largest absolute Gasteiger partial charge is 0.382 e. The average Bonchev–Trinajstić information content (AvgIpc) is 3.24. The smallest absolute Gasteiger partial charge is 0.248 e. The number of nitrogens with one attached hydrogen (secondary N) is 3. The summed E-state index contributed by atoms with van der Waals surface area (Å²) < 4.78 is 0. The van der Waals surface area contributed by atoms with Gasteiger partial charge in [0.25, 0.3) is 0 Å². The van der Waals surface area contributed by atoms with E-state index in [0.29, 0.717) is 17.9 Å². The monoisotopic (exact) mass is 455 g/mol. The number of carbonyl (C=O) groups is 1.